The Balaban J connectivity index is 1.12. The summed E-state index contributed by atoms with van der Waals surface area (Å²) in [6.45, 7) is 5.91. The average molecular weight is 533 g/mol. The number of likely N-dealkylation sites (tertiary alicyclic amines) is 1. The van der Waals surface area contributed by atoms with Crippen LogP contribution < -0.4 is 20.3 Å². The van der Waals surface area contributed by atoms with Crippen LogP contribution in [0, 0.1) is 5.41 Å². The third kappa shape index (κ3) is 7.13. The monoisotopic (exact) mass is 532 g/mol. The molecule has 0 saturated carbocycles. The number of benzene rings is 2. The van der Waals surface area contributed by atoms with Crippen LogP contribution in [0.15, 0.2) is 48.5 Å². The molecule has 2 aromatic rings. The van der Waals surface area contributed by atoms with Crippen molar-refractivity contribution in [2.45, 2.75) is 64.3 Å². The van der Waals surface area contributed by atoms with Gasteiger partial charge in [0.25, 0.3) is 0 Å². The number of carbonyl (C=O) groups is 2. The molecule has 2 N–H and O–H groups in total. The first kappa shape index (κ1) is 27.5. The molecule has 2 aromatic carbocycles. The summed E-state index contributed by atoms with van der Waals surface area (Å²) in [7, 11) is 0. The number of amides is 2. The van der Waals surface area contributed by atoms with E-state index in [1.54, 1.807) is 0 Å². The topological polar surface area (TPSA) is 73.9 Å². The molecule has 0 unspecified atom stereocenters. The van der Waals surface area contributed by atoms with Crippen molar-refractivity contribution in [2.24, 2.45) is 5.41 Å². The maximum absolute atomic E-state index is 13.4. The lowest BCUT2D eigenvalue weighted by atomic mass is 9.73. The van der Waals surface area contributed by atoms with E-state index in [1.807, 2.05) is 18.2 Å². The van der Waals surface area contributed by atoms with E-state index in [2.05, 4.69) is 50.8 Å². The summed E-state index contributed by atoms with van der Waals surface area (Å²) in [5.41, 5.74) is 3.35. The van der Waals surface area contributed by atoms with Crippen molar-refractivity contribution in [3.05, 3.63) is 59.7 Å². The van der Waals surface area contributed by atoms with Gasteiger partial charge in [0.05, 0.1) is 18.6 Å². The average Bonchev–Trinajstić information content (AvgIpc) is 3.50. The van der Waals surface area contributed by atoms with Gasteiger partial charge in [-0.2, -0.15) is 0 Å². The first-order chi connectivity index (χ1) is 19.1. The zero-order valence-electron chi connectivity index (χ0n) is 23.3. The smallest absolute Gasteiger partial charge is 0.234 e. The summed E-state index contributed by atoms with van der Waals surface area (Å²) in [5, 5.41) is 6.36. The number of piperidine rings is 1. The molecular formula is C32H44N4O3. The van der Waals surface area contributed by atoms with E-state index in [-0.39, 0.29) is 17.2 Å². The number of para-hydroxylation sites is 2. The van der Waals surface area contributed by atoms with E-state index in [0.717, 1.165) is 76.9 Å². The van der Waals surface area contributed by atoms with Crippen molar-refractivity contribution in [1.82, 2.24) is 15.5 Å². The van der Waals surface area contributed by atoms with Crippen LogP contribution in [0.3, 0.4) is 0 Å². The van der Waals surface area contributed by atoms with Crippen molar-refractivity contribution in [3.8, 4) is 5.75 Å². The number of fused-ring (bicyclic) bond motifs is 1. The standard InChI is InChI=1S/C32H44N4O3/c37-30(34-24-27-12-1-3-13-28(27)36-19-7-8-20-36)25-35-21-16-32(17-22-35)15-6-5-11-26-10-2-4-14-29(26)39-23-9-18-33-31(32)38/h1-4,10,12-14H,5-9,11,15-25H2,(H,33,38)(H,34,37). The van der Waals surface area contributed by atoms with Crippen LogP contribution in [-0.4, -0.2) is 62.6 Å². The van der Waals surface area contributed by atoms with Crippen molar-refractivity contribution in [2.75, 3.05) is 50.8 Å². The van der Waals surface area contributed by atoms with E-state index in [0.29, 0.717) is 26.2 Å². The Bertz CT molecular complexity index is 1110. The first-order valence-corrected chi connectivity index (χ1v) is 14.9. The van der Waals surface area contributed by atoms with Gasteiger partial charge in [0.2, 0.25) is 11.8 Å². The van der Waals surface area contributed by atoms with E-state index in [1.165, 1.54) is 29.7 Å². The van der Waals surface area contributed by atoms with Gasteiger partial charge >= 0.3 is 0 Å². The van der Waals surface area contributed by atoms with Gasteiger partial charge in [-0.05, 0) is 87.7 Å². The van der Waals surface area contributed by atoms with E-state index < -0.39 is 0 Å². The maximum atomic E-state index is 13.4. The molecule has 0 atom stereocenters. The highest BCUT2D eigenvalue weighted by Gasteiger charge is 2.40. The first-order valence-electron chi connectivity index (χ1n) is 14.9. The summed E-state index contributed by atoms with van der Waals surface area (Å²) in [6.07, 6.45) is 8.79. The number of hydrogen-bond acceptors (Lipinski definition) is 5. The SMILES string of the molecule is O=C(CN1CCC2(CCCCc3ccccc3OCCCNC2=O)CC1)NCc1ccccc1N1CCCC1. The number of anilines is 1. The number of hydrogen-bond donors (Lipinski definition) is 2. The molecule has 0 aromatic heterocycles. The zero-order chi connectivity index (χ0) is 26.9. The number of ether oxygens (including phenoxy) is 1. The van der Waals surface area contributed by atoms with Crippen molar-refractivity contribution >= 4 is 17.5 Å². The summed E-state index contributed by atoms with van der Waals surface area (Å²) in [6, 6.07) is 16.7. The molecule has 0 bridgehead atoms. The lowest BCUT2D eigenvalue weighted by molar-refractivity contribution is -0.135. The third-order valence-electron chi connectivity index (χ3n) is 8.76. The van der Waals surface area contributed by atoms with E-state index in [9.17, 15) is 9.59 Å². The molecule has 1 spiro atoms. The Hall–Kier alpha value is -3.06. The van der Waals surface area contributed by atoms with Gasteiger partial charge in [-0.3, -0.25) is 14.5 Å². The zero-order valence-corrected chi connectivity index (χ0v) is 23.3. The Labute approximate surface area is 233 Å². The molecule has 2 saturated heterocycles. The molecule has 3 heterocycles. The Morgan fingerprint density at radius 1 is 0.897 bits per heavy atom. The van der Waals surface area contributed by atoms with Crippen LogP contribution >= 0.6 is 0 Å². The van der Waals surface area contributed by atoms with Crippen LogP contribution in [0.4, 0.5) is 5.69 Å². The normalized spacial score (nSPS) is 20.6. The second-order valence-electron chi connectivity index (χ2n) is 11.4. The molecule has 39 heavy (non-hydrogen) atoms. The molecule has 2 fully saturated rings. The summed E-state index contributed by atoms with van der Waals surface area (Å²) >= 11 is 0. The van der Waals surface area contributed by atoms with E-state index in [4.69, 9.17) is 4.74 Å². The number of carbonyl (C=O) groups excluding carboxylic acids is 2. The second kappa shape index (κ2) is 13.3. The molecule has 3 aliphatic rings. The van der Waals surface area contributed by atoms with Crippen LogP contribution in [0.5, 0.6) is 5.75 Å². The molecule has 7 heteroatoms. The van der Waals surface area contributed by atoms with Gasteiger partial charge in [0.1, 0.15) is 5.75 Å². The Kier molecular flexibility index (Phi) is 9.40. The quantitative estimate of drug-likeness (QED) is 0.601. The highest BCUT2D eigenvalue weighted by atomic mass is 16.5. The highest BCUT2D eigenvalue weighted by molar-refractivity contribution is 5.83. The minimum atomic E-state index is -0.337. The van der Waals surface area contributed by atoms with Gasteiger partial charge in [0.15, 0.2) is 0 Å². The van der Waals surface area contributed by atoms with Crippen LogP contribution in [0.1, 0.15) is 62.5 Å². The summed E-state index contributed by atoms with van der Waals surface area (Å²) < 4.78 is 6.01. The molecular weight excluding hydrogens is 488 g/mol. The van der Waals surface area contributed by atoms with Crippen LogP contribution in [0.2, 0.25) is 0 Å². The number of aryl methyl sites for hydroxylation is 1. The molecule has 3 aliphatic heterocycles. The highest BCUT2D eigenvalue weighted by Crippen LogP contribution is 2.37. The second-order valence-corrected chi connectivity index (χ2v) is 11.4. The fourth-order valence-electron chi connectivity index (χ4n) is 6.38. The molecule has 7 nitrogen and oxygen atoms in total. The van der Waals surface area contributed by atoms with E-state index >= 15 is 0 Å². The predicted octanol–water partition coefficient (Wildman–Crippen LogP) is 4.30. The fraction of sp³-hybridized carbons (Fsp3) is 0.562. The van der Waals surface area contributed by atoms with Crippen molar-refractivity contribution < 1.29 is 14.3 Å². The van der Waals surface area contributed by atoms with Gasteiger partial charge in [0, 0.05) is 31.9 Å². The largest absolute Gasteiger partial charge is 0.493 e. The minimum Gasteiger partial charge on any atom is -0.493 e. The number of nitrogens with zero attached hydrogens (tertiary/aromatic N) is 2. The Morgan fingerprint density at radius 3 is 2.51 bits per heavy atom. The molecule has 210 valence electrons. The molecule has 5 rings (SSSR count). The van der Waals surface area contributed by atoms with Gasteiger partial charge < -0.3 is 20.3 Å². The maximum Gasteiger partial charge on any atom is 0.234 e. The van der Waals surface area contributed by atoms with Crippen molar-refractivity contribution in [3.63, 3.8) is 0 Å². The lowest BCUT2D eigenvalue weighted by Crippen LogP contribution is -2.50. The predicted molar refractivity (Wildman–Crippen MR) is 155 cm³/mol. The lowest BCUT2D eigenvalue weighted by Gasteiger charge is -2.40. The summed E-state index contributed by atoms with van der Waals surface area (Å²) in [5.74, 6) is 1.21. The van der Waals surface area contributed by atoms with Crippen LogP contribution in [0.25, 0.3) is 0 Å². The van der Waals surface area contributed by atoms with Gasteiger partial charge in [-0.1, -0.05) is 42.8 Å². The molecule has 0 aliphatic carbocycles. The summed E-state index contributed by atoms with van der Waals surface area (Å²) in [4.78, 5) is 30.9. The van der Waals surface area contributed by atoms with Gasteiger partial charge in [-0.15, -0.1) is 0 Å². The third-order valence-corrected chi connectivity index (χ3v) is 8.76. The molecule has 0 radical (unpaired) electrons. The van der Waals surface area contributed by atoms with Crippen LogP contribution in [-0.2, 0) is 22.6 Å². The van der Waals surface area contributed by atoms with Crippen molar-refractivity contribution in [1.29, 1.82) is 0 Å². The minimum absolute atomic E-state index is 0.0558. The van der Waals surface area contributed by atoms with Gasteiger partial charge in [-0.25, -0.2) is 0 Å². The number of nitrogens with one attached hydrogen (secondary N) is 2. The fourth-order valence-corrected chi connectivity index (χ4v) is 6.38. The Morgan fingerprint density at radius 2 is 1.67 bits per heavy atom. The number of rotatable bonds is 5. The molecule has 2 amide bonds.